The maximum absolute atomic E-state index is 2.55. The molecule has 0 saturated carbocycles. The van der Waals surface area contributed by atoms with Crippen molar-refractivity contribution >= 4 is 138 Å². The highest BCUT2D eigenvalue weighted by atomic mass is 32.1. The molecule has 1 aromatic heterocycles. The fraction of sp³-hybridized carbons (Fsp3) is 0.126. The summed E-state index contributed by atoms with van der Waals surface area (Å²) in [6.07, 6.45) is 0. The van der Waals surface area contributed by atoms with Crippen LogP contribution in [0.1, 0.15) is 94.3 Å². The van der Waals surface area contributed by atoms with Crippen LogP contribution in [0, 0.1) is 0 Å². The molecule has 15 aromatic rings. The number of thiophene rings is 1. The number of hydrogen-bond donors (Lipinski definition) is 0. The quantitative estimate of drug-likeness (QED) is 0.147. The molecule has 8 heterocycles. The summed E-state index contributed by atoms with van der Waals surface area (Å²) >= 11 is 1.97. The molecule has 0 spiro atoms. The number of fused-ring (bicyclic) bond motifs is 22. The van der Waals surface area contributed by atoms with Crippen LogP contribution in [0.5, 0.6) is 0 Å². The van der Waals surface area contributed by atoms with Crippen molar-refractivity contribution in [3.63, 3.8) is 0 Å². The molecular formula is C103H83B3N2SSi. The van der Waals surface area contributed by atoms with Crippen molar-refractivity contribution in [1.82, 2.24) is 0 Å². The van der Waals surface area contributed by atoms with Crippen molar-refractivity contribution < 1.29 is 0 Å². The van der Waals surface area contributed by atoms with Gasteiger partial charge in [0.15, 0.2) is 0 Å². The molecule has 23 rings (SSSR count). The molecule has 2 nitrogen and oxygen atoms in total. The van der Waals surface area contributed by atoms with Gasteiger partial charge in [-0.2, -0.15) is 0 Å². The van der Waals surface area contributed by atoms with Crippen LogP contribution in [0.15, 0.2) is 332 Å². The van der Waals surface area contributed by atoms with Gasteiger partial charge >= 0.3 is 0 Å². The summed E-state index contributed by atoms with van der Waals surface area (Å²) in [4.78, 5) is 4.73. The molecule has 0 N–H and O–H groups in total. The first-order chi connectivity index (χ1) is 53.4. The molecule has 0 atom stereocenters. The van der Waals surface area contributed by atoms with E-state index in [1.54, 1.807) is 32.3 Å². The second-order valence-corrected chi connectivity index (χ2v) is 39.9. The second kappa shape index (κ2) is 24.5. The highest BCUT2D eigenvalue weighted by Gasteiger charge is 2.55. The Morgan fingerprint density at radius 1 is 0.327 bits per heavy atom. The summed E-state index contributed by atoms with van der Waals surface area (Å²) in [5.41, 5.74) is 45.2. The summed E-state index contributed by atoms with van der Waals surface area (Å²) in [7, 11) is -1.78. The van der Waals surface area contributed by atoms with E-state index in [2.05, 4.69) is 400 Å². The van der Waals surface area contributed by atoms with E-state index in [-0.39, 0.29) is 16.2 Å². The SMILES string of the molecule is CC(C)(C)c1ccc2c(c1)-c1cc(C(C)(C)C)cc3c1B2C1=C3c2ccccc2C1(C)C.C[Si]1(C)C2=C(c3ccccc31)c1cccc3c1B2c1ccc(N(c2ccccc2)c2ccccc2)cc1-3.c1ccc(-c2ccc3c(c2)-c2cccc4c2B3c2sc3cc(N(c5ccccc5)c5ccccc5)ccc3c2-4)cc1. The molecule has 1 aliphatic carbocycles. The lowest BCUT2D eigenvalue weighted by Crippen LogP contribution is -2.52. The number of anilines is 6. The lowest BCUT2D eigenvalue weighted by Gasteiger charge is -2.27. The fourth-order valence-corrected chi connectivity index (χ4v) is 25.5. The van der Waals surface area contributed by atoms with Gasteiger partial charge in [-0.15, -0.1) is 11.3 Å². The Morgan fingerprint density at radius 2 is 0.791 bits per heavy atom. The minimum absolute atomic E-state index is 0.0408. The molecule has 0 radical (unpaired) electrons. The maximum Gasteiger partial charge on any atom is 0.256 e. The van der Waals surface area contributed by atoms with Crippen LogP contribution in [0.4, 0.5) is 34.1 Å². The Labute approximate surface area is 654 Å². The molecule has 7 aliphatic heterocycles. The average molecular weight is 1440 g/mol. The predicted octanol–water partition coefficient (Wildman–Crippen LogP) is 21.6. The number of benzene rings is 14. The monoisotopic (exact) mass is 1440 g/mol. The van der Waals surface area contributed by atoms with E-state index in [0.29, 0.717) is 20.1 Å². The smallest absolute Gasteiger partial charge is 0.256 e. The molecule has 524 valence electrons. The summed E-state index contributed by atoms with van der Waals surface area (Å²) in [5, 5.41) is 4.67. The largest absolute Gasteiger partial charge is 0.310 e. The zero-order chi connectivity index (χ0) is 74.4. The molecule has 0 fully saturated rings. The van der Waals surface area contributed by atoms with Gasteiger partial charge in [-0.3, -0.25) is 0 Å². The summed E-state index contributed by atoms with van der Waals surface area (Å²) in [6.45, 7) is 25.1. The number of hydrogen-bond acceptors (Lipinski definition) is 3. The van der Waals surface area contributed by atoms with Crippen LogP contribution < -0.4 is 52.5 Å². The molecule has 7 heteroatoms. The number of rotatable bonds is 7. The van der Waals surface area contributed by atoms with Crippen LogP contribution >= 0.6 is 11.3 Å². The topological polar surface area (TPSA) is 6.48 Å². The van der Waals surface area contributed by atoms with Gasteiger partial charge in [-0.1, -0.05) is 354 Å². The van der Waals surface area contributed by atoms with Gasteiger partial charge in [0.25, 0.3) is 6.71 Å². The van der Waals surface area contributed by atoms with E-state index in [9.17, 15) is 0 Å². The van der Waals surface area contributed by atoms with Gasteiger partial charge in [0, 0.05) is 44.2 Å². The van der Waals surface area contributed by atoms with Crippen LogP contribution in [-0.4, -0.2) is 28.2 Å². The molecule has 0 bridgehead atoms. The van der Waals surface area contributed by atoms with E-state index in [1.165, 1.54) is 160 Å². The highest BCUT2D eigenvalue weighted by molar-refractivity contribution is 7.34. The van der Waals surface area contributed by atoms with E-state index in [0.717, 1.165) is 11.4 Å². The van der Waals surface area contributed by atoms with Crippen molar-refractivity contribution in [1.29, 1.82) is 0 Å². The van der Waals surface area contributed by atoms with Gasteiger partial charge in [0.2, 0.25) is 13.4 Å². The first-order valence-corrected chi connectivity index (χ1v) is 43.2. The Hall–Kier alpha value is -11.5. The van der Waals surface area contributed by atoms with Crippen molar-refractivity contribution in [3.05, 3.63) is 371 Å². The third-order valence-corrected chi connectivity index (χ3v) is 30.5. The standard InChI is InChI=1S/C38H24BNS.C34H26BNSi.C31H33B/c1-4-11-25(12-5-1)26-19-22-34-33(23-26)30-17-10-18-32-36-31-21-20-29(24-35(31)41-38(36)39(34)37(30)32)40(27-13-6-2-7-14-27)28-15-8-3-9-16-28;1-37(2)31-19-10-9-16-27(31)32-28-18-11-17-26-29-22-25(20-21-30(29)35(33(26)28)34(32)37)36(23-12-5-3-6-13-23)24-14-7-4-8-15-24;1-29(2,3)18-13-14-25-21(15-18)22-16-19(30(4,5)6)17-23-26-20-11-9-10-12-24(20)31(7,8)28(26)32(25)27(22)23/h1-24H;3-22H,1-2H3;9-17H,1-8H3. The highest BCUT2D eigenvalue weighted by Crippen LogP contribution is 2.56. The molecule has 110 heavy (non-hydrogen) atoms. The summed E-state index contributed by atoms with van der Waals surface area (Å²) in [5.74, 6) is 0. The van der Waals surface area contributed by atoms with Gasteiger partial charge in [-0.25, -0.2) is 0 Å². The van der Waals surface area contributed by atoms with Gasteiger partial charge in [0.1, 0.15) is 8.07 Å². The van der Waals surface area contributed by atoms with Crippen LogP contribution in [0.2, 0.25) is 13.1 Å². The Balaban J connectivity index is 0.000000106. The number of para-hydroxylation sites is 4. The normalized spacial score (nSPS) is 14.8. The van der Waals surface area contributed by atoms with E-state index >= 15 is 0 Å². The fourth-order valence-electron chi connectivity index (χ4n) is 20.6. The van der Waals surface area contributed by atoms with E-state index < -0.39 is 8.07 Å². The minimum Gasteiger partial charge on any atom is -0.310 e. The van der Waals surface area contributed by atoms with E-state index in [1.807, 2.05) is 11.3 Å². The first-order valence-electron chi connectivity index (χ1n) is 39.4. The van der Waals surface area contributed by atoms with Crippen molar-refractivity contribution in [3.8, 4) is 55.6 Å². The third-order valence-electron chi connectivity index (χ3n) is 25.6. The third kappa shape index (κ3) is 9.89. The molecular weight excluding hydrogens is 1360 g/mol. The van der Waals surface area contributed by atoms with Gasteiger partial charge in [-0.05, 0) is 211 Å². The van der Waals surface area contributed by atoms with Crippen molar-refractivity contribution in [2.45, 2.75) is 84.7 Å². The Morgan fingerprint density at radius 3 is 1.43 bits per heavy atom. The maximum atomic E-state index is 2.55. The zero-order valence-corrected chi connectivity index (χ0v) is 66.0. The Bertz CT molecular complexity index is 6360. The van der Waals surface area contributed by atoms with E-state index in [4.69, 9.17) is 0 Å². The van der Waals surface area contributed by atoms with Crippen LogP contribution in [-0.2, 0) is 16.2 Å². The zero-order valence-electron chi connectivity index (χ0n) is 64.1. The molecule has 14 aromatic carbocycles. The predicted molar refractivity (Wildman–Crippen MR) is 478 cm³/mol. The number of nitrogens with zero attached hydrogens (tertiary/aromatic N) is 2. The average Bonchev–Trinajstić information content (AvgIpc) is 1.51. The summed E-state index contributed by atoms with van der Waals surface area (Å²) < 4.78 is 2.83. The van der Waals surface area contributed by atoms with Gasteiger partial charge in [0.05, 0.1) is 0 Å². The lowest BCUT2D eigenvalue weighted by molar-refractivity contribution is 0.589. The van der Waals surface area contributed by atoms with Crippen molar-refractivity contribution in [2.75, 3.05) is 9.80 Å². The van der Waals surface area contributed by atoms with Crippen LogP contribution in [0.3, 0.4) is 0 Å². The molecule has 8 aliphatic rings. The van der Waals surface area contributed by atoms with Crippen molar-refractivity contribution in [2.24, 2.45) is 0 Å². The minimum atomic E-state index is -1.78. The Kier molecular flexibility index (Phi) is 14.9. The molecule has 0 amide bonds. The molecule has 0 unspecified atom stereocenters. The number of allylic oxidation sites excluding steroid dienone is 1. The second-order valence-electron chi connectivity index (χ2n) is 34.5. The molecule has 0 saturated heterocycles. The van der Waals surface area contributed by atoms with Crippen LogP contribution in [0.25, 0.3) is 76.9 Å². The lowest BCUT2D eigenvalue weighted by atomic mass is 9.36. The summed E-state index contributed by atoms with van der Waals surface area (Å²) in [6, 6.07) is 119. The first kappa shape index (κ1) is 66.7. The van der Waals surface area contributed by atoms with Gasteiger partial charge < -0.3 is 9.80 Å².